The molecule has 1 amide bonds. The zero-order chi connectivity index (χ0) is 17.9. The molecule has 0 N–H and O–H groups in total. The number of hydrogen-bond acceptors (Lipinski definition) is 5. The third kappa shape index (κ3) is 3.43. The van der Waals surface area contributed by atoms with Crippen molar-refractivity contribution in [1.29, 1.82) is 0 Å². The van der Waals surface area contributed by atoms with Gasteiger partial charge in [-0.25, -0.2) is 4.98 Å². The molecule has 1 aliphatic heterocycles. The number of aromatic nitrogens is 1. The molecule has 0 radical (unpaired) electrons. The van der Waals surface area contributed by atoms with Gasteiger partial charge in [0.2, 0.25) is 0 Å². The Morgan fingerprint density at radius 1 is 1.31 bits per heavy atom. The number of nitrogens with zero attached hydrogens (tertiary/aromatic N) is 2. The summed E-state index contributed by atoms with van der Waals surface area (Å²) in [4.78, 5) is 19.6. The smallest absolute Gasteiger partial charge is 0.260 e. The Morgan fingerprint density at radius 2 is 2.15 bits per heavy atom. The number of fused-ring (bicyclic) bond motifs is 1. The highest BCUT2D eigenvalue weighted by atomic mass is 32.1. The average Bonchev–Trinajstić information content (AvgIpc) is 3.34. The van der Waals surface area contributed by atoms with E-state index in [-0.39, 0.29) is 12.0 Å². The van der Waals surface area contributed by atoms with E-state index >= 15 is 0 Å². The number of ether oxygens (including phenoxy) is 2. The van der Waals surface area contributed by atoms with Gasteiger partial charge >= 0.3 is 0 Å². The number of anilines is 1. The Bertz CT molecular complexity index is 904. The number of rotatable bonds is 5. The molecule has 2 heterocycles. The molecule has 5 nitrogen and oxygen atoms in total. The van der Waals surface area contributed by atoms with E-state index in [1.165, 1.54) is 11.3 Å². The molecule has 6 heteroatoms. The van der Waals surface area contributed by atoms with Crippen molar-refractivity contribution in [3.05, 3.63) is 54.1 Å². The summed E-state index contributed by atoms with van der Waals surface area (Å²) in [6.45, 7) is 1.28. The maximum Gasteiger partial charge on any atom is 0.260 e. The van der Waals surface area contributed by atoms with Crippen LogP contribution in [0.5, 0.6) is 5.75 Å². The van der Waals surface area contributed by atoms with E-state index in [1.54, 1.807) is 12.0 Å². The molecule has 1 unspecified atom stereocenters. The van der Waals surface area contributed by atoms with E-state index < -0.39 is 0 Å². The maximum absolute atomic E-state index is 13.1. The molecule has 2 aromatic carbocycles. The van der Waals surface area contributed by atoms with Crippen molar-refractivity contribution in [3.8, 4) is 5.75 Å². The fourth-order valence-corrected chi connectivity index (χ4v) is 4.07. The molecule has 0 bridgehead atoms. The van der Waals surface area contributed by atoms with Gasteiger partial charge in [-0.1, -0.05) is 29.5 Å². The highest BCUT2D eigenvalue weighted by Crippen LogP contribution is 2.32. The van der Waals surface area contributed by atoms with Gasteiger partial charge in [0, 0.05) is 18.2 Å². The summed E-state index contributed by atoms with van der Waals surface area (Å²) in [6.07, 6.45) is 2.07. The predicted octanol–water partition coefficient (Wildman–Crippen LogP) is 4.13. The van der Waals surface area contributed by atoms with Crippen molar-refractivity contribution in [2.45, 2.75) is 18.9 Å². The monoisotopic (exact) mass is 368 g/mol. The number of hydrogen-bond donors (Lipinski definition) is 0. The second kappa shape index (κ2) is 7.43. The van der Waals surface area contributed by atoms with Crippen LogP contribution in [-0.2, 0) is 4.74 Å². The fraction of sp³-hybridized carbons (Fsp3) is 0.300. The van der Waals surface area contributed by atoms with Crippen LogP contribution in [-0.4, -0.2) is 37.3 Å². The topological polar surface area (TPSA) is 51.7 Å². The van der Waals surface area contributed by atoms with Gasteiger partial charge in [-0.15, -0.1) is 0 Å². The Balaban J connectivity index is 1.70. The quantitative estimate of drug-likeness (QED) is 0.679. The summed E-state index contributed by atoms with van der Waals surface area (Å²) in [5.74, 6) is 0.710. The molecule has 134 valence electrons. The molecule has 3 aromatic rings. The first-order chi connectivity index (χ1) is 12.7. The zero-order valence-corrected chi connectivity index (χ0v) is 15.4. The predicted molar refractivity (Wildman–Crippen MR) is 103 cm³/mol. The number of amides is 1. The van der Waals surface area contributed by atoms with Crippen LogP contribution in [0.4, 0.5) is 5.13 Å². The van der Waals surface area contributed by atoms with Crippen LogP contribution in [0.3, 0.4) is 0 Å². The molecule has 0 aliphatic carbocycles. The van der Waals surface area contributed by atoms with Crippen LogP contribution in [0.25, 0.3) is 10.2 Å². The summed E-state index contributed by atoms with van der Waals surface area (Å²) < 4.78 is 12.1. The lowest BCUT2D eigenvalue weighted by Gasteiger charge is -2.23. The number of carbonyl (C=O) groups excluding carboxylic acids is 1. The molecular weight excluding hydrogens is 348 g/mol. The fourth-order valence-electron chi connectivity index (χ4n) is 3.11. The van der Waals surface area contributed by atoms with Crippen LogP contribution in [0.2, 0.25) is 0 Å². The van der Waals surface area contributed by atoms with Crippen molar-refractivity contribution < 1.29 is 14.3 Å². The Hall–Kier alpha value is -2.44. The summed E-state index contributed by atoms with van der Waals surface area (Å²) >= 11 is 1.51. The van der Waals surface area contributed by atoms with Crippen LogP contribution in [0.15, 0.2) is 48.5 Å². The molecule has 1 atom stereocenters. The third-order valence-electron chi connectivity index (χ3n) is 4.49. The SMILES string of the molecule is COc1ccc2sc(N(CC3CCCO3)C(=O)c3ccccc3)nc2c1. The first-order valence-electron chi connectivity index (χ1n) is 8.67. The molecule has 1 aromatic heterocycles. The van der Waals surface area contributed by atoms with Crippen molar-refractivity contribution in [3.63, 3.8) is 0 Å². The number of benzene rings is 2. The standard InChI is InChI=1S/C20H20N2O3S/c1-24-15-9-10-18-17(12-15)21-20(26-18)22(13-16-8-5-11-25-16)19(23)14-6-3-2-4-7-14/h2-4,6-7,9-10,12,16H,5,8,11,13H2,1H3. The summed E-state index contributed by atoms with van der Waals surface area (Å²) in [5.41, 5.74) is 1.49. The molecular formula is C20H20N2O3S. The maximum atomic E-state index is 13.1. The largest absolute Gasteiger partial charge is 0.497 e. The van der Waals surface area contributed by atoms with Gasteiger partial charge in [-0.2, -0.15) is 0 Å². The minimum atomic E-state index is -0.0490. The lowest BCUT2D eigenvalue weighted by atomic mass is 10.2. The first kappa shape index (κ1) is 17.0. The van der Waals surface area contributed by atoms with E-state index in [2.05, 4.69) is 0 Å². The van der Waals surface area contributed by atoms with Crippen LogP contribution < -0.4 is 9.64 Å². The zero-order valence-electron chi connectivity index (χ0n) is 14.6. The van der Waals surface area contributed by atoms with Gasteiger partial charge in [0.25, 0.3) is 5.91 Å². The van der Waals surface area contributed by atoms with E-state index in [9.17, 15) is 4.79 Å². The van der Waals surface area contributed by atoms with E-state index in [4.69, 9.17) is 14.5 Å². The van der Waals surface area contributed by atoms with Crippen LogP contribution in [0.1, 0.15) is 23.2 Å². The molecule has 1 aliphatic rings. The second-order valence-electron chi connectivity index (χ2n) is 6.25. The Kier molecular flexibility index (Phi) is 4.86. The van der Waals surface area contributed by atoms with Gasteiger partial charge < -0.3 is 9.47 Å². The average molecular weight is 368 g/mol. The van der Waals surface area contributed by atoms with Gasteiger partial charge in [-0.3, -0.25) is 9.69 Å². The summed E-state index contributed by atoms with van der Waals surface area (Å²) in [6, 6.07) is 15.1. The van der Waals surface area contributed by atoms with E-state index in [1.807, 2.05) is 48.5 Å². The van der Waals surface area contributed by atoms with Gasteiger partial charge in [0.05, 0.1) is 30.0 Å². The van der Waals surface area contributed by atoms with E-state index in [0.29, 0.717) is 17.2 Å². The lowest BCUT2D eigenvalue weighted by molar-refractivity contribution is 0.0917. The first-order valence-corrected chi connectivity index (χ1v) is 9.49. The second-order valence-corrected chi connectivity index (χ2v) is 7.26. The van der Waals surface area contributed by atoms with Gasteiger partial charge in [0.15, 0.2) is 5.13 Å². The third-order valence-corrected chi connectivity index (χ3v) is 5.55. The number of methoxy groups -OCH3 is 1. The van der Waals surface area contributed by atoms with E-state index in [0.717, 1.165) is 35.4 Å². The normalized spacial score (nSPS) is 16.7. The van der Waals surface area contributed by atoms with Crippen molar-refractivity contribution in [2.24, 2.45) is 0 Å². The van der Waals surface area contributed by atoms with Crippen LogP contribution >= 0.6 is 11.3 Å². The van der Waals surface area contributed by atoms with Crippen molar-refractivity contribution >= 4 is 32.6 Å². The molecule has 1 fully saturated rings. The highest BCUT2D eigenvalue weighted by molar-refractivity contribution is 7.22. The lowest BCUT2D eigenvalue weighted by Crippen LogP contribution is -2.37. The molecule has 1 saturated heterocycles. The summed E-state index contributed by atoms with van der Waals surface area (Å²) in [5, 5.41) is 0.692. The number of thiazole rings is 1. The minimum absolute atomic E-state index is 0.0490. The minimum Gasteiger partial charge on any atom is -0.497 e. The Morgan fingerprint density at radius 3 is 2.88 bits per heavy atom. The van der Waals surface area contributed by atoms with Crippen LogP contribution in [0, 0.1) is 0 Å². The van der Waals surface area contributed by atoms with Crippen molar-refractivity contribution in [1.82, 2.24) is 4.98 Å². The van der Waals surface area contributed by atoms with Gasteiger partial charge in [-0.05, 0) is 37.1 Å². The highest BCUT2D eigenvalue weighted by Gasteiger charge is 2.27. The molecule has 4 rings (SSSR count). The Labute approximate surface area is 156 Å². The number of carbonyl (C=O) groups is 1. The van der Waals surface area contributed by atoms with Gasteiger partial charge in [0.1, 0.15) is 5.75 Å². The summed E-state index contributed by atoms with van der Waals surface area (Å²) in [7, 11) is 1.64. The van der Waals surface area contributed by atoms with Crippen molar-refractivity contribution in [2.75, 3.05) is 25.2 Å². The molecule has 0 spiro atoms. The molecule has 0 saturated carbocycles. The molecule has 26 heavy (non-hydrogen) atoms.